The second-order valence-corrected chi connectivity index (χ2v) is 11.4. The molecule has 0 amide bonds. The summed E-state index contributed by atoms with van der Waals surface area (Å²) in [5, 5.41) is 9.82. The van der Waals surface area contributed by atoms with Gasteiger partial charge < -0.3 is 19.2 Å². The molecule has 2 atom stereocenters. The highest BCUT2D eigenvalue weighted by molar-refractivity contribution is 7.47. The van der Waals surface area contributed by atoms with Crippen molar-refractivity contribution in [3.05, 3.63) is 24.3 Å². The molecule has 9 heteroatoms. The van der Waals surface area contributed by atoms with E-state index in [2.05, 4.69) is 31.2 Å². The van der Waals surface area contributed by atoms with Crippen LogP contribution in [0.1, 0.15) is 84.0 Å². The molecule has 8 nitrogen and oxygen atoms in total. The normalized spacial score (nSPS) is 15.0. The van der Waals surface area contributed by atoms with Crippen molar-refractivity contribution in [3.63, 3.8) is 0 Å². The predicted octanol–water partition coefficient (Wildman–Crippen LogP) is 5.54. The zero-order valence-electron chi connectivity index (χ0n) is 22.5. The smallest absolute Gasteiger partial charge is 0.463 e. The molecule has 0 aromatic rings. The Morgan fingerprint density at radius 3 is 2.06 bits per heavy atom. The fraction of sp³-hybridized carbons (Fsp3) is 0.808. The van der Waals surface area contributed by atoms with E-state index in [4.69, 9.17) is 13.8 Å². The fourth-order valence-electron chi connectivity index (χ4n) is 3.06. The molecular formula is C26H51NO7P+. The zero-order chi connectivity index (χ0) is 26.4. The molecule has 0 aliphatic rings. The van der Waals surface area contributed by atoms with Crippen molar-refractivity contribution in [2.75, 3.05) is 47.5 Å². The Labute approximate surface area is 213 Å². The molecule has 0 fully saturated rings. The van der Waals surface area contributed by atoms with Crippen molar-refractivity contribution in [1.82, 2.24) is 0 Å². The molecule has 0 aliphatic carbocycles. The van der Waals surface area contributed by atoms with Crippen molar-refractivity contribution < 1.29 is 37.6 Å². The van der Waals surface area contributed by atoms with Gasteiger partial charge >= 0.3 is 13.8 Å². The number of aliphatic hydroxyl groups excluding tert-OH is 1. The van der Waals surface area contributed by atoms with Crippen LogP contribution in [0.2, 0.25) is 0 Å². The molecule has 0 saturated heterocycles. The number of hydrogen-bond donors (Lipinski definition) is 2. The van der Waals surface area contributed by atoms with Gasteiger partial charge in [0.15, 0.2) is 0 Å². The summed E-state index contributed by atoms with van der Waals surface area (Å²) < 4.78 is 27.0. The van der Waals surface area contributed by atoms with Crippen LogP contribution in [0.15, 0.2) is 24.3 Å². The molecule has 35 heavy (non-hydrogen) atoms. The van der Waals surface area contributed by atoms with Gasteiger partial charge in [0, 0.05) is 6.42 Å². The summed E-state index contributed by atoms with van der Waals surface area (Å²) in [5.41, 5.74) is 0. The highest BCUT2D eigenvalue weighted by Gasteiger charge is 2.24. The van der Waals surface area contributed by atoms with Crippen LogP contribution >= 0.6 is 7.82 Å². The molecule has 0 heterocycles. The van der Waals surface area contributed by atoms with Gasteiger partial charge in [-0.25, -0.2) is 4.57 Å². The lowest BCUT2D eigenvalue weighted by atomic mass is 10.1. The maximum absolute atomic E-state index is 11.8. The molecule has 1 unspecified atom stereocenters. The van der Waals surface area contributed by atoms with Crippen molar-refractivity contribution in [3.8, 4) is 0 Å². The Morgan fingerprint density at radius 2 is 1.46 bits per heavy atom. The van der Waals surface area contributed by atoms with E-state index in [-0.39, 0.29) is 19.2 Å². The molecule has 0 radical (unpaired) electrons. The van der Waals surface area contributed by atoms with Crippen LogP contribution in [0.3, 0.4) is 0 Å². The molecule has 206 valence electrons. The summed E-state index contributed by atoms with van der Waals surface area (Å²) in [5.74, 6) is -0.389. The standard InChI is InChI=1S/C26H50NO7P/c1-5-6-7-8-9-10-11-12-13-14-15-16-17-18-19-20-26(29)32-23-25(28)24-34-35(30,31)33-22-21-27(2,3)4/h10-13,25,28H,5-9,14-24H2,1-4H3/p+1/b11-10+,13-12+/t25-/m1/s1. The molecule has 0 aliphatic heterocycles. The van der Waals surface area contributed by atoms with Crippen LogP contribution in [-0.2, 0) is 23.1 Å². The average Bonchev–Trinajstić information content (AvgIpc) is 2.78. The highest BCUT2D eigenvalue weighted by Crippen LogP contribution is 2.43. The maximum Gasteiger partial charge on any atom is 0.472 e. The first-order valence-electron chi connectivity index (χ1n) is 13.1. The summed E-state index contributed by atoms with van der Waals surface area (Å²) in [7, 11) is 1.55. The number of aliphatic hydroxyl groups is 1. The van der Waals surface area contributed by atoms with Gasteiger partial charge in [-0.15, -0.1) is 0 Å². The van der Waals surface area contributed by atoms with Gasteiger partial charge in [0.25, 0.3) is 0 Å². The minimum Gasteiger partial charge on any atom is -0.463 e. The third-order valence-electron chi connectivity index (χ3n) is 5.24. The van der Waals surface area contributed by atoms with Gasteiger partial charge in [-0.2, -0.15) is 0 Å². The largest absolute Gasteiger partial charge is 0.472 e. The highest BCUT2D eigenvalue weighted by atomic mass is 31.2. The number of esters is 1. The van der Waals surface area contributed by atoms with Crippen molar-refractivity contribution in [2.24, 2.45) is 0 Å². The number of carbonyl (C=O) groups excluding carboxylic acids is 1. The Balaban J connectivity index is 3.65. The molecule has 0 rings (SSSR count). The quantitative estimate of drug-likeness (QED) is 0.0599. The van der Waals surface area contributed by atoms with E-state index < -0.39 is 20.5 Å². The van der Waals surface area contributed by atoms with Crippen LogP contribution in [0, 0.1) is 0 Å². The number of phosphoric ester groups is 1. The summed E-state index contributed by atoms with van der Waals surface area (Å²) >= 11 is 0. The van der Waals surface area contributed by atoms with Crippen molar-refractivity contribution in [2.45, 2.75) is 90.1 Å². The first-order valence-corrected chi connectivity index (χ1v) is 14.6. The third-order valence-corrected chi connectivity index (χ3v) is 6.23. The Hall–Kier alpha value is -1.02. The molecule has 0 spiro atoms. The number of allylic oxidation sites excluding steroid dienone is 4. The number of phosphoric acid groups is 1. The first-order chi connectivity index (χ1) is 16.6. The number of unbranched alkanes of at least 4 members (excludes halogenated alkanes) is 9. The monoisotopic (exact) mass is 520 g/mol. The van der Waals surface area contributed by atoms with Crippen LogP contribution in [0.4, 0.5) is 0 Å². The summed E-state index contributed by atoms with van der Waals surface area (Å²) in [6.07, 6.45) is 20.3. The van der Waals surface area contributed by atoms with Gasteiger partial charge in [-0.05, 0) is 32.1 Å². The van der Waals surface area contributed by atoms with Crippen molar-refractivity contribution in [1.29, 1.82) is 0 Å². The second-order valence-electron chi connectivity index (χ2n) is 9.96. The minimum atomic E-state index is -4.24. The topological polar surface area (TPSA) is 102 Å². The number of rotatable bonds is 23. The summed E-state index contributed by atoms with van der Waals surface area (Å²) in [6, 6.07) is 0. The molecular weight excluding hydrogens is 469 g/mol. The summed E-state index contributed by atoms with van der Waals surface area (Å²) in [4.78, 5) is 21.4. The van der Waals surface area contributed by atoms with Gasteiger partial charge in [0.05, 0.1) is 27.7 Å². The molecule has 2 N–H and O–H groups in total. The SMILES string of the molecule is CCCCCC/C=C/C=C/CCCCCCCC(=O)OC[C@@H](O)COP(=O)(O)OCC[N+](C)(C)C. The summed E-state index contributed by atoms with van der Waals surface area (Å²) in [6.45, 7) is 2.08. The third kappa shape index (κ3) is 25.9. The molecule has 0 aromatic heterocycles. The van der Waals surface area contributed by atoms with Gasteiger partial charge in [0.1, 0.15) is 25.9 Å². The first kappa shape index (κ1) is 34.0. The number of nitrogens with zero attached hydrogens (tertiary/aromatic N) is 1. The lowest BCUT2D eigenvalue weighted by Crippen LogP contribution is -2.37. The number of likely N-dealkylation sites (N-methyl/N-ethyl adjacent to an activating group) is 1. The van der Waals surface area contributed by atoms with Crippen LogP contribution < -0.4 is 0 Å². The molecule has 0 aromatic carbocycles. The number of hydrogen-bond acceptors (Lipinski definition) is 6. The second kappa shape index (κ2) is 21.1. The van der Waals surface area contributed by atoms with E-state index in [1.54, 1.807) is 0 Å². The van der Waals surface area contributed by atoms with E-state index in [9.17, 15) is 19.4 Å². The Morgan fingerprint density at radius 1 is 0.886 bits per heavy atom. The van der Waals surface area contributed by atoms with Gasteiger partial charge in [-0.1, -0.05) is 69.8 Å². The van der Waals surface area contributed by atoms with Crippen LogP contribution in [-0.4, -0.2) is 74.1 Å². The van der Waals surface area contributed by atoms with Gasteiger partial charge in [0.2, 0.25) is 0 Å². The predicted molar refractivity (Wildman–Crippen MR) is 141 cm³/mol. The van der Waals surface area contributed by atoms with E-state index in [1.165, 1.54) is 25.7 Å². The molecule has 0 bridgehead atoms. The Kier molecular flexibility index (Phi) is 20.5. The fourth-order valence-corrected chi connectivity index (χ4v) is 3.80. The lowest BCUT2D eigenvalue weighted by molar-refractivity contribution is -0.870. The molecule has 0 saturated carbocycles. The number of ether oxygens (including phenoxy) is 1. The van der Waals surface area contributed by atoms with Crippen molar-refractivity contribution >= 4 is 13.8 Å². The van der Waals surface area contributed by atoms with Crippen LogP contribution in [0.5, 0.6) is 0 Å². The van der Waals surface area contributed by atoms with E-state index in [0.717, 1.165) is 44.9 Å². The zero-order valence-corrected chi connectivity index (χ0v) is 23.4. The lowest BCUT2D eigenvalue weighted by Gasteiger charge is -2.24. The van der Waals surface area contributed by atoms with Crippen LogP contribution in [0.25, 0.3) is 0 Å². The van der Waals surface area contributed by atoms with E-state index >= 15 is 0 Å². The number of quaternary nitrogens is 1. The Bertz CT molecular complexity index is 632. The average molecular weight is 521 g/mol. The van der Waals surface area contributed by atoms with Gasteiger partial charge in [-0.3, -0.25) is 13.8 Å². The minimum absolute atomic E-state index is 0.0512. The number of carbonyl (C=O) groups is 1. The maximum atomic E-state index is 11.8. The van der Waals surface area contributed by atoms with E-state index in [1.807, 2.05) is 21.1 Å². The van der Waals surface area contributed by atoms with E-state index in [0.29, 0.717) is 17.4 Å².